The van der Waals surface area contributed by atoms with Gasteiger partial charge in [0.25, 0.3) is 0 Å². The van der Waals surface area contributed by atoms with Crippen molar-refractivity contribution in [2.75, 3.05) is 5.23 Å². The molecule has 3 aromatic rings. The second kappa shape index (κ2) is 5.71. The molecule has 0 saturated heterocycles. The van der Waals surface area contributed by atoms with Crippen LogP contribution in [0.1, 0.15) is 34.5 Å². The van der Waals surface area contributed by atoms with Gasteiger partial charge in [-0.1, -0.05) is 12.1 Å². The first-order valence-corrected chi connectivity index (χ1v) is 6.93. The topological polar surface area (TPSA) is 72.8 Å². The number of anilines is 1. The van der Waals surface area contributed by atoms with Crippen molar-refractivity contribution < 1.29 is 14.0 Å². The van der Waals surface area contributed by atoms with Crippen molar-refractivity contribution in [3.8, 4) is 0 Å². The van der Waals surface area contributed by atoms with E-state index in [9.17, 15) is 5.21 Å². The summed E-state index contributed by atoms with van der Waals surface area (Å²) >= 11 is 0. The van der Waals surface area contributed by atoms with Crippen LogP contribution in [0.2, 0.25) is 0 Å². The lowest BCUT2D eigenvalue weighted by Gasteiger charge is -2.22. The van der Waals surface area contributed by atoms with Crippen LogP contribution in [0.25, 0.3) is 0 Å². The molecule has 0 saturated carbocycles. The van der Waals surface area contributed by atoms with E-state index in [2.05, 4.69) is 0 Å². The Balaban J connectivity index is 2.05. The summed E-state index contributed by atoms with van der Waals surface area (Å²) in [6.45, 7) is 3.77. The van der Waals surface area contributed by atoms with Gasteiger partial charge in [-0.15, -0.1) is 0 Å². The van der Waals surface area contributed by atoms with Gasteiger partial charge in [-0.3, -0.25) is 5.21 Å². The number of hydrogen-bond donors (Lipinski definition) is 1. The summed E-state index contributed by atoms with van der Waals surface area (Å²) in [7, 11) is 0. The van der Waals surface area contributed by atoms with Crippen molar-refractivity contribution in [2.24, 2.45) is 0 Å². The summed E-state index contributed by atoms with van der Waals surface area (Å²) in [4.78, 5) is 0. The molecule has 3 rings (SSSR count). The van der Waals surface area contributed by atoms with Crippen molar-refractivity contribution >= 4 is 5.69 Å². The number of furan rings is 2. The molecule has 0 radical (unpaired) electrons. The molecule has 2 aromatic heterocycles. The van der Waals surface area contributed by atoms with Crippen LogP contribution in [-0.2, 0) is 0 Å². The molecule has 5 nitrogen and oxygen atoms in total. The molecule has 1 N–H and O–H groups in total. The Hall–Kier alpha value is -2.50. The van der Waals surface area contributed by atoms with Crippen molar-refractivity contribution in [2.45, 2.75) is 19.8 Å². The average Bonchev–Trinajstić information content (AvgIpc) is 3.09. The van der Waals surface area contributed by atoms with E-state index in [-0.39, 0.29) is 16.8 Å². The average molecular weight is 298 g/mol. The van der Waals surface area contributed by atoms with E-state index in [0.717, 1.165) is 28.6 Å². The molecule has 0 bridgehead atoms. The van der Waals surface area contributed by atoms with Gasteiger partial charge >= 0.3 is 0 Å². The molecule has 0 aliphatic carbocycles. The zero-order valence-corrected chi connectivity index (χ0v) is 12.3. The van der Waals surface area contributed by atoms with Gasteiger partial charge < -0.3 is 19.3 Å². The van der Waals surface area contributed by atoms with E-state index in [0.29, 0.717) is 0 Å². The molecule has 22 heavy (non-hydrogen) atoms. The molecule has 0 spiro atoms. The van der Waals surface area contributed by atoms with Gasteiger partial charge in [-0.25, -0.2) is 0 Å². The largest absolute Gasteiger partial charge is 0.733 e. The summed E-state index contributed by atoms with van der Waals surface area (Å²) in [5.74, 6) is 2.97. The molecule has 0 atom stereocenters. The Morgan fingerprint density at radius 2 is 1.36 bits per heavy atom. The maximum absolute atomic E-state index is 10.9. The smallest absolute Gasteiger partial charge is 0.119 e. The fraction of sp³-hybridized carbons (Fsp3) is 0.176. The molecule has 0 unspecified atom stereocenters. The fourth-order valence-electron chi connectivity index (χ4n) is 2.48. The Bertz CT molecular complexity index is 715. The molecular weight excluding hydrogens is 282 g/mol. The summed E-state index contributed by atoms with van der Waals surface area (Å²) in [6.07, 6.45) is 0. The number of benzene rings is 1. The number of nitrogens with zero attached hydrogens (tertiary/aromatic N) is 1. The molecule has 0 fully saturated rings. The quantitative estimate of drug-likeness (QED) is 0.724. The van der Waals surface area contributed by atoms with Gasteiger partial charge in [-0.05, 0) is 55.8 Å². The van der Waals surface area contributed by atoms with Crippen molar-refractivity contribution in [1.29, 1.82) is 0 Å². The Morgan fingerprint density at radius 1 is 0.864 bits per heavy atom. The van der Waals surface area contributed by atoms with Gasteiger partial charge in [0.15, 0.2) is 0 Å². The van der Waals surface area contributed by atoms with E-state index < -0.39 is 0 Å². The summed E-state index contributed by atoms with van der Waals surface area (Å²) in [5.41, 5.74) is 1.09. The Kier molecular flexibility index (Phi) is 3.75. The molecule has 5 heteroatoms. The normalized spacial score (nSPS) is 11.1. The highest BCUT2D eigenvalue weighted by molar-refractivity contribution is 5.48. The lowest BCUT2D eigenvalue weighted by atomic mass is 9.94. The standard InChI is InChI=1S/C17H16NO4/c1-11-3-9-15(21-11)17(16-10-4-12(2)22-16)13-5-7-14(8-6-13)18(19)20/h3-10,17,19H,1-2H3/q-1. The molecule has 114 valence electrons. The first kappa shape index (κ1) is 14.4. The third kappa shape index (κ3) is 2.77. The number of aryl methyl sites for hydroxylation is 2. The lowest BCUT2D eigenvalue weighted by molar-refractivity contribution is 0.296. The Labute approximate surface area is 127 Å². The first-order valence-electron chi connectivity index (χ1n) is 6.93. The third-order valence-electron chi connectivity index (χ3n) is 3.54. The third-order valence-corrected chi connectivity index (χ3v) is 3.54. The van der Waals surface area contributed by atoms with Gasteiger partial charge in [0.1, 0.15) is 29.0 Å². The van der Waals surface area contributed by atoms with Gasteiger partial charge in [-0.2, -0.15) is 0 Å². The second-order valence-electron chi connectivity index (χ2n) is 5.19. The minimum absolute atomic E-state index is 0.160. The lowest BCUT2D eigenvalue weighted by Crippen LogP contribution is -2.07. The van der Waals surface area contributed by atoms with Crippen LogP contribution < -0.4 is 5.23 Å². The highest BCUT2D eigenvalue weighted by atomic mass is 16.8. The summed E-state index contributed by atoms with van der Waals surface area (Å²) in [5, 5.41) is 19.7. The molecule has 0 amide bonds. The van der Waals surface area contributed by atoms with E-state index in [4.69, 9.17) is 14.0 Å². The molecule has 2 heterocycles. The highest BCUT2D eigenvalue weighted by Crippen LogP contribution is 2.34. The SMILES string of the molecule is Cc1ccc(C(c2ccc(N([O-])O)cc2)c2ccc(C)o2)o1. The highest BCUT2D eigenvalue weighted by Gasteiger charge is 2.23. The van der Waals surface area contributed by atoms with E-state index in [1.54, 1.807) is 24.3 Å². The van der Waals surface area contributed by atoms with Crippen molar-refractivity contribution in [1.82, 2.24) is 0 Å². The van der Waals surface area contributed by atoms with E-state index >= 15 is 0 Å². The number of hydrogen-bond acceptors (Lipinski definition) is 5. The minimum atomic E-state index is -0.199. The molecule has 0 aliphatic heterocycles. The van der Waals surface area contributed by atoms with E-state index in [1.807, 2.05) is 38.1 Å². The van der Waals surface area contributed by atoms with E-state index in [1.165, 1.54) is 0 Å². The van der Waals surface area contributed by atoms with Crippen LogP contribution in [0.4, 0.5) is 5.69 Å². The van der Waals surface area contributed by atoms with Crippen LogP contribution in [0.3, 0.4) is 0 Å². The zero-order valence-electron chi connectivity index (χ0n) is 12.3. The monoisotopic (exact) mass is 298 g/mol. The Morgan fingerprint density at radius 3 is 1.73 bits per heavy atom. The van der Waals surface area contributed by atoms with Crippen molar-refractivity contribution in [3.63, 3.8) is 0 Å². The maximum Gasteiger partial charge on any atom is 0.119 e. The van der Waals surface area contributed by atoms with Gasteiger partial charge in [0.2, 0.25) is 0 Å². The first-order chi connectivity index (χ1) is 10.5. The van der Waals surface area contributed by atoms with Crippen LogP contribution in [0, 0.1) is 19.1 Å². The molecule has 1 aromatic carbocycles. The predicted molar refractivity (Wildman–Crippen MR) is 81.9 cm³/mol. The van der Waals surface area contributed by atoms with Crippen LogP contribution in [-0.4, -0.2) is 5.21 Å². The molecular formula is C17H16NO4-. The van der Waals surface area contributed by atoms with Crippen molar-refractivity contribution in [3.05, 3.63) is 82.3 Å². The van der Waals surface area contributed by atoms with Crippen LogP contribution in [0.5, 0.6) is 0 Å². The van der Waals surface area contributed by atoms with Crippen LogP contribution >= 0.6 is 0 Å². The predicted octanol–water partition coefficient (Wildman–Crippen LogP) is 4.36. The number of rotatable bonds is 4. The molecule has 0 aliphatic rings. The minimum Gasteiger partial charge on any atom is -0.733 e. The van der Waals surface area contributed by atoms with Gasteiger partial charge in [0.05, 0.1) is 5.69 Å². The van der Waals surface area contributed by atoms with Crippen LogP contribution in [0.15, 0.2) is 57.4 Å². The second-order valence-corrected chi connectivity index (χ2v) is 5.19. The summed E-state index contributed by atoms with van der Waals surface area (Å²) in [6, 6.07) is 14.3. The fourth-order valence-corrected chi connectivity index (χ4v) is 2.48. The zero-order chi connectivity index (χ0) is 15.7. The maximum atomic E-state index is 10.9. The van der Waals surface area contributed by atoms with Gasteiger partial charge in [0, 0.05) is 0 Å². The summed E-state index contributed by atoms with van der Waals surface area (Å²) < 4.78 is 11.5.